The molecule has 1 aromatic carbocycles. The molecule has 0 radical (unpaired) electrons. The summed E-state index contributed by atoms with van der Waals surface area (Å²) in [4.78, 5) is 50.8. The number of carbonyl (C=O) groups excluding carboxylic acids is 4. The van der Waals surface area contributed by atoms with E-state index >= 15 is 0 Å². The smallest absolute Gasteiger partial charge is 0.325 e. The van der Waals surface area contributed by atoms with Crippen molar-refractivity contribution in [1.82, 2.24) is 15.5 Å². The molecule has 1 fully saturated rings. The third kappa shape index (κ3) is 7.92. The molecule has 1 saturated heterocycles. The van der Waals surface area contributed by atoms with Gasteiger partial charge in [-0.1, -0.05) is 30.3 Å². The lowest BCUT2D eigenvalue weighted by Gasteiger charge is -2.34. The van der Waals surface area contributed by atoms with Crippen LogP contribution in [-0.4, -0.2) is 67.7 Å². The molecule has 9 heteroatoms. The number of piperidine rings is 1. The maximum absolute atomic E-state index is 13.2. The van der Waals surface area contributed by atoms with Crippen molar-refractivity contribution < 1.29 is 28.7 Å². The van der Waals surface area contributed by atoms with E-state index in [2.05, 4.69) is 10.6 Å². The van der Waals surface area contributed by atoms with Crippen molar-refractivity contribution >= 4 is 23.9 Å². The second-order valence-electron chi connectivity index (χ2n) is 7.25. The fraction of sp³-hybridized carbons (Fsp3) is 0.545. The SMILES string of the molecule is CCOC(=O)CNC(=O)NC(Cc1ccccc1)C(=O)N1CCCC(C(=O)OCC)C1. The van der Waals surface area contributed by atoms with E-state index in [0.29, 0.717) is 26.0 Å². The molecule has 0 bridgehead atoms. The van der Waals surface area contributed by atoms with Crippen molar-refractivity contribution in [1.29, 1.82) is 0 Å². The van der Waals surface area contributed by atoms with Gasteiger partial charge in [0.2, 0.25) is 5.91 Å². The molecule has 0 spiro atoms. The fourth-order valence-corrected chi connectivity index (χ4v) is 3.47. The van der Waals surface area contributed by atoms with Crippen LogP contribution in [0.2, 0.25) is 0 Å². The van der Waals surface area contributed by atoms with Crippen LogP contribution in [0.3, 0.4) is 0 Å². The number of benzene rings is 1. The van der Waals surface area contributed by atoms with Crippen LogP contribution in [0.25, 0.3) is 0 Å². The van der Waals surface area contributed by atoms with Gasteiger partial charge >= 0.3 is 18.0 Å². The first kappa shape index (κ1) is 24.2. The van der Waals surface area contributed by atoms with E-state index in [1.165, 1.54) is 0 Å². The minimum absolute atomic E-state index is 0.216. The topological polar surface area (TPSA) is 114 Å². The van der Waals surface area contributed by atoms with E-state index in [-0.39, 0.29) is 43.9 Å². The van der Waals surface area contributed by atoms with E-state index < -0.39 is 18.0 Å². The van der Waals surface area contributed by atoms with Crippen molar-refractivity contribution in [2.75, 3.05) is 32.8 Å². The number of esters is 2. The number of nitrogens with zero attached hydrogens (tertiary/aromatic N) is 1. The van der Waals surface area contributed by atoms with E-state index in [9.17, 15) is 19.2 Å². The van der Waals surface area contributed by atoms with E-state index in [1.54, 1.807) is 18.7 Å². The Morgan fingerprint density at radius 2 is 1.81 bits per heavy atom. The Labute approximate surface area is 182 Å². The average Bonchev–Trinajstić information content (AvgIpc) is 2.78. The van der Waals surface area contributed by atoms with Crippen LogP contribution in [0.1, 0.15) is 32.3 Å². The summed E-state index contributed by atoms with van der Waals surface area (Å²) in [5.41, 5.74) is 0.880. The number of ether oxygens (including phenoxy) is 2. The van der Waals surface area contributed by atoms with Crippen LogP contribution >= 0.6 is 0 Å². The summed E-state index contributed by atoms with van der Waals surface area (Å²) < 4.78 is 9.89. The highest BCUT2D eigenvalue weighted by Gasteiger charge is 2.33. The molecule has 1 aliphatic rings. The number of hydrogen-bond acceptors (Lipinski definition) is 6. The van der Waals surface area contributed by atoms with E-state index in [0.717, 1.165) is 5.56 Å². The Bertz CT molecular complexity index is 755. The van der Waals surface area contributed by atoms with Crippen LogP contribution in [0, 0.1) is 5.92 Å². The minimum Gasteiger partial charge on any atom is -0.466 e. The largest absolute Gasteiger partial charge is 0.466 e. The molecule has 1 aliphatic heterocycles. The number of urea groups is 1. The van der Waals surface area contributed by atoms with Crippen LogP contribution in [-0.2, 0) is 30.3 Å². The van der Waals surface area contributed by atoms with Crippen LogP contribution in [0.5, 0.6) is 0 Å². The molecule has 1 heterocycles. The van der Waals surface area contributed by atoms with Gasteiger partial charge in [0.1, 0.15) is 12.6 Å². The highest BCUT2D eigenvalue weighted by Crippen LogP contribution is 2.19. The Kier molecular flexibility index (Phi) is 9.80. The Hall–Kier alpha value is -3.10. The first-order chi connectivity index (χ1) is 14.9. The number of likely N-dealkylation sites (tertiary alicyclic amines) is 1. The molecule has 0 aliphatic carbocycles. The summed E-state index contributed by atoms with van der Waals surface area (Å²) in [6.45, 7) is 4.41. The summed E-state index contributed by atoms with van der Waals surface area (Å²) in [5, 5.41) is 5.08. The molecule has 2 atom stereocenters. The zero-order valence-electron chi connectivity index (χ0n) is 18.1. The van der Waals surface area contributed by atoms with Gasteiger partial charge in [0, 0.05) is 19.5 Å². The highest BCUT2D eigenvalue weighted by atomic mass is 16.5. The van der Waals surface area contributed by atoms with Gasteiger partial charge in [-0.25, -0.2) is 4.79 Å². The van der Waals surface area contributed by atoms with Gasteiger partial charge in [0.15, 0.2) is 0 Å². The van der Waals surface area contributed by atoms with Gasteiger partial charge in [-0.3, -0.25) is 14.4 Å². The molecule has 9 nitrogen and oxygen atoms in total. The fourth-order valence-electron chi connectivity index (χ4n) is 3.47. The summed E-state index contributed by atoms with van der Waals surface area (Å²) in [6, 6.07) is 7.84. The summed E-state index contributed by atoms with van der Waals surface area (Å²) in [5.74, 6) is -1.51. The van der Waals surface area contributed by atoms with Gasteiger partial charge < -0.3 is 25.0 Å². The zero-order chi connectivity index (χ0) is 22.6. The normalized spacial score (nSPS) is 16.7. The van der Waals surface area contributed by atoms with Crippen molar-refractivity contribution in [2.24, 2.45) is 5.92 Å². The molecule has 170 valence electrons. The number of amides is 3. The summed E-state index contributed by atoms with van der Waals surface area (Å²) in [6.07, 6.45) is 1.63. The number of rotatable bonds is 9. The molecule has 1 aromatic rings. The maximum Gasteiger partial charge on any atom is 0.325 e. The van der Waals surface area contributed by atoms with Crippen LogP contribution in [0.15, 0.2) is 30.3 Å². The maximum atomic E-state index is 13.2. The van der Waals surface area contributed by atoms with Gasteiger partial charge in [-0.05, 0) is 32.3 Å². The molecule has 31 heavy (non-hydrogen) atoms. The minimum atomic E-state index is -0.842. The Balaban J connectivity index is 2.06. The molecule has 0 aromatic heterocycles. The summed E-state index contributed by atoms with van der Waals surface area (Å²) >= 11 is 0. The first-order valence-electron chi connectivity index (χ1n) is 10.6. The lowest BCUT2D eigenvalue weighted by Crippen LogP contribution is -2.55. The van der Waals surface area contributed by atoms with Gasteiger partial charge in [-0.2, -0.15) is 0 Å². The molecule has 2 N–H and O–H groups in total. The van der Waals surface area contributed by atoms with Crippen molar-refractivity contribution in [2.45, 2.75) is 39.2 Å². The third-order valence-electron chi connectivity index (χ3n) is 4.94. The third-order valence-corrected chi connectivity index (χ3v) is 4.94. The van der Waals surface area contributed by atoms with Gasteiger partial charge in [-0.15, -0.1) is 0 Å². The molecule has 0 saturated carbocycles. The lowest BCUT2D eigenvalue weighted by atomic mass is 9.96. The molecule has 2 rings (SSSR count). The predicted molar refractivity (Wildman–Crippen MR) is 113 cm³/mol. The Morgan fingerprint density at radius 1 is 1.10 bits per heavy atom. The second kappa shape index (κ2) is 12.6. The molecular formula is C22H31N3O6. The first-order valence-corrected chi connectivity index (χ1v) is 10.6. The van der Waals surface area contributed by atoms with Crippen LogP contribution in [0.4, 0.5) is 4.79 Å². The van der Waals surface area contributed by atoms with Gasteiger partial charge in [0.05, 0.1) is 19.1 Å². The molecule has 2 unspecified atom stereocenters. The number of carbonyl (C=O) groups is 4. The zero-order valence-corrected chi connectivity index (χ0v) is 18.1. The molecular weight excluding hydrogens is 402 g/mol. The quantitative estimate of drug-likeness (QED) is 0.567. The number of hydrogen-bond donors (Lipinski definition) is 2. The van der Waals surface area contributed by atoms with Crippen LogP contribution < -0.4 is 10.6 Å². The van der Waals surface area contributed by atoms with E-state index in [1.807, 2.05) is 30.3 Å². The summed E-state index contributed by atoms with van der Waals surface area (Å²) in [7, 11) is 0. The molecule has 3 amide bonds. The van der Waals surface area contributed by atoms with Crippen molar-refractivity contribution in [3.8, 4) is 0 Å². The van der Waals surface area contributed by atoms with Gasteiger partial charge in [0.25, 0.3) is 0 Å². The highest BCUT2D eigenvalue weighted by molar-refractivity contribution is 5.89. The van der Waals surface area contributed by atoms with Crippen molar-refractivity contribution in [3.05, 3.63) is 35.9 Å². The lowest BCUT2D eigenvalue weighted by molar-refractivity contribution is -0.151. The van der Waals surface area contributed by atoms with E-state index in [4.69, 9.17) is 9.47 Å². The second-order valence-corrected chi connectivity index (χ2v) is 7.25. The number of nitrogens with one attached hydrogen (secondary N) is 2. The predicted octanol–water partition coefficient (Wildman–Crippen LogP) is 1.26. The Morgan fingerprint density at radius 3 is 2.48 bits per heavy atom. The van der Waals surface area contributed by atoms with Crippen molar-refractivity contribution in [3.63, 3.8) is 0 Å². The standard InChI is InChI=1S/C22H31N3O6/c1-3-30-19(26)14-23-22(29)24-18(13-16-9-6-5-7-10-16)20(27)25-12-8-11-17(15-25)21(28)31-4-2/h5-7,9-10,17-18H,3-4,8,11-15H2,1-2H3,(H2,23,24,29). The average molecular weight is 434 g/mol. The monoisotopic (exact) mass is 433 g/mol.